The zero-order chi connectivity index (χ0) is 41.3. The molecule has 0 aromatic carbocycles. The molecule has 25 atom stereocenters. The van der Waals surface area contributed by atoms with E-state index >= 15 is 0 Å². The van der Waals surface area contributed by atoms with Gasteiger partial charge >= 0.3 is 0 Å². The fourth-order valence-corrected chi connectivity index (χ4v) is 7.01. The summed E-state index contributed by atoms with van der Waals surface area (Å²) in [4.78, 5) is 0. The molecule has 328 valence electrons. The van der Waals surface area contributed by atoms with Gasteiger partial charge in [0.05, 0.1) is 33.0 Å². The van der Waals surface area contributed by atoms with E-state index in [4.69, 9.17) is 42.6 Å². The van der Waals surface area contributed by atoms with Crippen molar-refractivity contribution in [3.8, 4) is 0 Å². The van der Waals surface area contributed by atoms with Crippen molar-refractivity contribution in [1.82, 2.24) is 0 Å². The number of aliphatic hydroxyl groups is 17. The summed E-state index contributed by atoms with van der Waals surface area (Å²) in [5.74, 6) is 0. The largest absolute Gasteiger partial charge is 0.394 e. The van der Waals surface area contributed by atoms with Crippen molar-refractivity contribution in [2.75, 3.05) is 33.0 Å². The number of aliphatic hydroxyl groups excluding tert-OH is 17. The van der Waals surface area contributed by atoms with Crippen molar-refractivity contribution in [3.63, 3.8) is 0 Å². The van der Waals surface area contributed by atoms with E-state index in [9.17, 15) is 86.8 Å². The van der Waals surface area contributed by atoms with Gasteiger partial charge in [-0.1, -0.05) is 0 Å². The van der Waals surface area contributed by atoms with Gasteiger partial charge in [-0.2, -0.15) is 0 Å². The molecule has 0 aliphatic carbocycles. The Bertz CT molecular complexity index is 1210. The molecule has 5 rings (SSSR count). The van der Waals surface area contributed by atoms with Gasteiger partial charge in [-0.25, -0.2) is 0 Å². The van der Waals surface area contributed by atoms with Crippen LogP contribution in [-0.4, -0.2) is 273 Å². The molecule has 0 amide bonds. The Kier molecular flexibility index (Phi) is 16.1. The molecule has 0 unspecified atom stereocenters. The molecule has 0 saturated carbocycles. The summed E-state index contributed by atoms with van der Waals surface area (Å²) in [5, 5.41) is 177. The molecule has 5 aliphatic rings. The quantitative estimate of drug-likeness (QED) is 0.0819. The van der Waals surface area contributed by atoms with Crippen LogP contribution in [0.2, 0.25) is 0 Å². The zero-order valence-electron chi connectivity index (χ0n) is 29.2. The molecule has 5 heterocycles. The van der Waals surface area contributed by atoms with Gasteiger partial charge in [-0.05, 0) is 0 Å². The zero-order valence-corrected chi connectivity index (χ0v) is 29.2. The lowest BCUT2D eigenvalue weighted by Crippen LogP contribution is -2.68. The second kappa shape index (κ2) is 19.6. The smallest absolute Gasteiger partial charge is 0.187 e. The van der Waals surface area contributed by atoms with Crippen LogP contribution < -0.4 is 0 Å². The summed E-state index contributed by atoms with van der Waals surface area (Å²) >= 11 is 0. The minimum absolute atomic E-state index is 0.837. The van der Waals surface area contributed by atoms with E-state index in [0.717, 1.165) is 0 Å². The third-order valence-corrected chi connectivity index (χ3v) is 10.3. The van der Waals surface area contributed by atoms with Crippen LogP contribution in [0.15, 0.2) is 0 Å². The second-order valence-corrected chi connectivity index (χ2v) is 13.9. The molecule has 5 fully saturated rings. The Balaban J connectivity index is 1.34. The first-order valence-corrected chi connectivity index (χ1v) is 17.6. The molecular weight excluding hydrogens is 776 g/mol. The van der Waals surface area contributed by atoms with E-state index in [0.29, 0.717) is 0 Å². The van der Waals surface area contributed by atoms with Crippen LogP contribution in [0.3, 0.4) is 0 Å². The van der Waals surface area contributed by atoms with Crippen LogP contribution in [0.1, 0.15) is 0 Å². The maximum absolute atomic E-state index is 11.4. The SMILES string of the molecule is OC[C@H]1O[C@@H](O[C@H]2[C@@H](O)[C@@H](CO)O[C@@H](O[C@H]3[C@@H](O)[C@@H](CO)O[C@@H](O[C@H]4[C@@H](O)[C@@H](CO)O[C@@H](O[C@@H]5[C@@H](O)[C@H](O)O[C@H](CO)[C@@H]5O)[C@@H]4O)[C@@H]3O)[C@@H]2O)[C@H](O)[C@@H](O)[C@H]1O. The Labute approximate surface area is 316 Å². The van der Waals surface area contributed by atoms with E-state index in [2.05, 4.69) is 0 Å². The fraction of sp³-hybridized carbons (Fsp3) is 1.00. The summed E-state index contributed by atoms with van der Waals surface area (Å²) in [6.45, 7) is -4.58. The lowest BCUT2D eigenvalue weighted by atomic mass is 9.95. The van der Waals surface area contributed by atoms with Crippen LogP contribution >= 0.6 is 0 Å². The van der Waals surface area contributed by atoms with E-state index in [-0.39, 0.29) is 0 Å². The third kappa shape index (κ3) is 9.16. The molecule has 0 aromatic heterocycles. The van der Waals surface area contributed by atoms with Gasteiger partial charge in [-0.3, -0.25) is 0 Å². The summed E-state index contributed by atoms with van der Waals surface area (Å²) in [6, 6.07) is 0. The molecule has 56 heavy (non-hydrogen) atoms. The van der Waals surface area contributed by atoms with Gasteiger partial charge in [0.2, 0.25) is 0 Å². The molecule has 5 saturated heterocycles. The number of hydrogen-bond donors (Lipinski definition) is 17. The molecule has 0 radical (unpaired) electrons. The minimum atomic E-state index is -2.18. The maximum atomic E-state index is 11.4. The topological polar surface area (TPSA) is 427 Å². The lowest BCUT2D eigenvalue weighted by molar-refractivity contribution is -0.395. The van der Waals surface area contributed by atoms with E-state index in [1.165, 1.54) is 0 Å². The molecule has 26 heteroatoms. The fourth-order valence-electron chi connectivity index (χ4n) is 7.01. The summed E-state index contributed by atoms with van der Waals surface area (Å²) in [7, 11) is 0. The van der Waals surface area contributed by atoms with Gasteiger partial charge in [-0.15, -0.1) is 0 Å². The van der Waals surface area contributed by atoms with E-state index < -0.39 is 187 Å². The molecule has 0 spiro atoms. The highest BCUT2D eigenvalue weighted by atomic mass is 16.8. The Morgan fingerprint density at radius 3 is 0.821 bits per heavy atom. The summed E-state index contributed by atoms with van der Waals surface area (Å²) in [6.07, 6.45) is -47.2. The van der Waals surface area contributed by atoms with Crippen LogP contribution in [0, 0.1) is 0 Å². The molecule has 26 nitrogen and oxygen atoms in total. The number of ether oxygens (including phenoxy) is 9. The van der Waals surface area contributed by atoms with Gasteiger partial charge in [0.1, 0.15) is 122 Å². The highest BCUT2D eigenvalue weighted by Crippen LogP contribution is 2.35. The standard InChI is InChI=1S/C30H52O26/c31-1-6-11(36)16(41)17(42)27(49-6)54-23-13(38)8(3-33)51-29(19(23)44)56-25-15(40)10(5-35)52-30(21(25)46)55-24-14(39)9(4-34)50-28(20(24)45)53-22-12(37)7(2-32)48-26(47)18(22)43/h6-47H,1-5H2/t6-,7-,8-,9-,10-,11+,12+,13+,14+,15+,16+,17-,18-,19-,20-,21-,22+,23+,24+,25+,26-,27+,28+,29+,30+/m1/s1. The highest BCUT2D eigenvalue weighted by molar-refractivity contribution is 4.99. The Morgan fingerprint density at radius 2 is 0.518 bits per heavy atom. The first-order valence-electron chi connectivity index (χ1n) is 17.6. The second-order valence-electron chi connectivity index (χ2n) is 13.9. The van der Waals surface area contributed by atoms with Crippen molar-refractivity contribution in [2.24, 2.45) is 0 Å². The van der Waals surface area contributed by atoms with Crippen molar-refractivity contribution in [3.05, 3.63) is 0 Å². The Morgan fingerprint density at radius 1 is 0.268 bits per heavy atom. The minimum Gasteiger partial charge on any atom is -0.394 e. The molecular formula is C30H52O26. The van der Waals surface area contributed by atoms with Crippen molar-refractivity contribution in [1.29, 1.82) is 0 Å². The average Bonchev–Trinajstić information content (AvgIpc) is 3.18. The monoisotopic (exact) mass is 828 g/mol. The molecule has 0 bridgehead atoms. The van der Waals surface area contributed by atoms with Crippen molar-refractivity contribution in [2.45, 2.75) is 154 Å². The summed E-state index contributed by atoms with van der Waals surface area (Å²) in [5.41, 5.74) is 0. The van der Waals surface area contributed by atoms with Gasteiger partial charge in [0.15, 0.2) is 31.5 Å². The predicted molar refractivity (Wildman–Crippen MR) is 167 cm³/mol. The first kappa shape index (κ1) is 46.0. The van der Waals surface area contributed by atoms with Crippen LogP contribution in [0.5, 0.6) is 0 Å². The predicted octanol–water partition coefficient (Wildman–Crippen LogP) is -11.9. The number of hydrogen-bond acceptors (Lipinski definition) is 26. The van der Waals surface area contributed by atoms with Crippen LogP contribution in [0.25, 0.3) is 0 Å². The van der Waals surface area contributed by atoms with Gasteiger partial charge in [0.25, 0.3) is 0 Å². The third-order valence-electron chi connectivity index (χ3n) is 10.3. The van der Waals surface area contributed by atoms with Crippen LogP contribution in [-0.2, 0) is 42.6 Å². The molecule has 5 aliphatic heterocycles. The van der Waals surface area contributed by atoms with Gasteiger partial charge in [0, 0.05) is 0 Å². The Hall–Kier alpha value is -1.04. The molecule has 0 aromatic rings. The maximum Gasteiger partial charge on any atom is 0.187 e. The van der Waals surface area contributed by atoms with Gasteiger partial charge < -0.3 is 129 Å². The normalized spacial score (nSPS) is 53.2. The highest BCUT2D eigenvalue weighted by Gasteiger charge is 2.56. The average molecular weight is 829 g/mol. The van der Waals surface area contributed by atoms with Crippen molar-refractivity contribution < 1.29 is 129 Å². The van der Waals surface area contributed by atoms with Crippen molar-refractivity contribution >= 4 is 0 Å². The number of rotatable bonds is 13. The molecule has 17 N–H and O–H groups in total. The first-order chi connectivity index (χ1) is 26.5. The van der Waals surface area contributed by atoms with E-state index in [1.54, 1.807) is 0 Å². The lowest BCUT2D eigenvalue weighted by Gasteiger charge is -2.49. The summed E-state index contributed by atoms with van der Waals surface area (Å²) < 4.78 is 48.9. The van der Waals surface area contributed by atoms with E-state index in [1.807, 2.05) is 0 Å². The van der Waals surface area contributed by atoms with Crippen LogP contribution in [0.4, 0.5) is 0 Å².